The molecule has 0 bridgehead atoms. The van der Waals surface area contributed by atoms with Gasteiger partial charge in [0.05, 0.1) is 10.4 Å². The topological polar surface area (TPSA) is 93.0 Å². The van der Waals surface area contributed by atoms with E-state index < -0.39 is 0 Å². The van der Waals surface area contributed by atoms with Gasteiger partial charge in [-0.3, -0.25) is 10.1 Å². The Kier molecular flexibility index (Phi) is 5.58. The summed E-state index contributed by atoms with van der Waals surface area (Å²) in [5.41, 5.74) is 2.29. The minimum absolute atomic E-state index is 0.0335. The third-order valence-electron chi connectivity index (χ3n) is 4.10. The molecule has 1 aromatic heterocycles. The Morgan fingerprint density at radius 2 is 1.92 bits per heavy atom. The Hall–Kier alpha value is -3.22. The maximum absolute atomic E-state index is 11.5. The lowest BCUT2D eigenvalue weighted by atomic mass is 10.1. The number of hydrogen-bond donors (Lipinski definition) is 2. The van der Waals surface area contributed by atoms with Crippen LogP contribution in [-0.2, 0) is 6.54 Å². The van der Waals surface area contributed by atoms with E-state index in [0.29, 0.717) is 35.5 Å². The molecule has 2 N–H and O–H groups in total. The van der Waals surface area contributed by atoms with Crippen LogP contribution in [0.3, 0.4) is 0 Å². The highest BCUT2D eigenvalue weighted by Gasteiger charge is 2.17. The van der Waals surface area contributed by atoms with Gasteiger partial charge < -0.3 is 10.6 Å². The van der Waals surface area contributed by atoms with Gasteiger partial charge in [-0.15, -0.1) is 0 Å². The maximum atomic E-state index is 11.5. The number of nitro benzene ring substituents is 1. The first-order chi connectivity index (χ1) is 12.7. The second-order valence-electron chi connectivity index (χ2n) is 5.99. The molecule has 0 saturated heterocycles. The van der Waals surface area contributed by atoms with E-state index in [-0.39, 0.29) is 10.6 Å². The smallest absolute Gasteiger partial charge is 0.293 e. The maximum Gasteiger partial charge on any atom is 0.293 e. The van der Waals surface area contributed by atoms with Crippen LogP contribution >= 0.6 is 0 Å². The Balaban J connectivity index is 1.92. The van der Waals surface area contributed by atoms with Gasteiger partial charge in [0.25, 0.3) is 5.69 Å². The summed E-state index contributed by atoms with van der Waals surface area (Å²) >= 11 is 0. The molecule has 0 atom stereocenters. The summed E-state index contributed by atoms with van der Waals surface area (Å²) in [5, 5.41) is 18.5. The summed E-state index contributed by atoms with van der Waals surface area (Å²) in [7, 11) is 0. The van der Waals surface area contributed by atoms with Gasteiger partial charge in [0.1, 0.15) is 17.8 Å². The van der Waals surface area contributed by atoms with Crippen molar-refractivity contribution >= 4 is 28.1 Å². The largest absolute Gasteiger partial charge is 0.379 e. The Bertz CT molecular complexity index is 899. The zero-order chi connectivity index (χ0) is 18.4. The van der Waals surface area contributed by atoms with Crippen LogP contribution < -0.4 is 10.6 Å². The third-order valence-corrected chi connectivity index (χ3v) is 4.10. The van der Waals surface area contributed by atoms with Crippen molar-refractivity contribution in [2.45, 2.75) is 26.3 Å². The van der Waals surface area contributed by atoms with E-state index in [1.165, 1.54) is 12.4 Å². The normalized spacial score (nSPS) is 10.7. The number of rotatable bonds is 8. The SMILES string of the molecule is CCCCNc1cc2ncnc(NCc3ccccc3)c2cc1[N+](=O)[O-]. The average Bonchev–Trinajstić information content (AvgIpc) is 2.66. The highest BCUT2D eigenvalue weighted by molar-refractivity contribution is 5.94. The van der Waals surface area contributed by atoms with Gasteiger partial charge in [-0.2, -0.15) is 0 Å². The lowest BCUT2D eigenvalue weighted by Crippen LogP contribution is -2.06. The first-order valence-corrected chi connectivity index (χ1v) is 8.64. The lowest BCUT2D eigenvalue weighted by Gasteiger charge is -2.11. The number of nitrogens with zero attached hydrogens (tertiary/aromatic N) is 3. The number of unbranched alkanes of at least 4 members (excludes halogenated alkanes) is 1. The first kappa shape index (κ1) is 17.6. The van der Waals surface area contributed by atoms with Crippen LogP contribution in [0.5, 0.6) is 0 Å². The molecule has 26 heavy (non-hydrogen) atoms. The molecule has 0 spiro atoms. The highest BCUT2D eigenvalue weighted by atomic mass is 16.6. The van der Waals surface area contributed by atoms with E-state index in [1.807, 2.05) is 30.3 Å². The number of aromatic nitrogens is 2. The van der Waals surface area contributed by atoms with Gasteiger partial charge in [-0.1, -0.05) is 43.7 Å². The van der Waals surface area contributed by atoms with Crippen molar-refractivity contribution in [3.63, 3.8) is 0 Å². The molecule has 7 nitrogen and oxygen atoms in total. The first-order valence-electron chi connectivity index (χ1n) is 8.64. The van der Waals surface area contributed by atoms with E-state index in [4.69, 9.17) is 0 Å². The monoisotopic (exact) mass is 351 g/mol. The van der Waals surface area contributed by atoms with Crippen LogP contribution in [-0.4, -0.2) is 21.4 Å². The van der Waals surface area contributed by atoms with Crippen molar-refractivity contribution in [1.82, 2.24) is 9.97 Å². The summed E-state index contributed by atoms with van der Waals surface area (Å²) < 4.78 is 0. The summed E-state index contributed by atoms with van der Waals surface area (Å²) in [5.74, 6) is 0.585. The van der Waals surface area contributed by atoms with E-state index in [0.717, 1.165) is 18.4 Å². The molecule has 1 heterocycles. The molecule has 3 rings (SSSR count). The van der Waals surface area contributed by atoms with Crippen molar-refractivity contribution < 1.29 is 4.92 Å². The number of nitro groups is 1. The Morgan fingerprint density at radius 3 is 2.65 bits per heavy atom. The van der Waals surface area contributed by atoms with Gasteiger partial charge in [0, 0.05) is 24.5 Å². The Morgan fingerprint density at radius 1 is 1.12 bits per heavy atom. The Labute approximate surface area is 151 Å². The number of nitrogens with one attached hydrogen (secondary N) is 2. The van der Waals surface area contributed by atoms with Crippen LogP contribution in [0.15, 0.2) is 48.8 Å². The van der Waals surface area contributed by atoms with E-state index in [9.17, 15) is 10.1 Å². The zero-order valence-electron chi connectivity index (χ0n) is 14.6. The number of benzene rings is 2. The van der Waals surface area contributed by atoms with Gasteiger partial charge in [-0.05, 0) is 18.1 Å². The molecule has 0 fully saturated rings. The molecule has 0 unspecified atom stereocenters. The minimum Gasteiger partial charge on any atom is -0.379 e. The molecule has 0 aliphatic rings. The number of hydrogen-bond acceptors (Lipinski definition) is 6. The fourth-order valence-corrected chi connectivity index (χ4v) is 2.71. The molecule has 0 aliphatic carbocycles. The predicted molar refractivity (Wildman–Crippen MR) is 103 cm³/mol. The standard InChI is InChI=1S/C19H21N5O2/c1-2-3-9-20-17-11-16-15(10-18(17)24(25)26)19(23-13-22-16)21-12-14-7-5-4-6-8-14/h4-8,10-11,13,20H,2-3,9,12H2,1H3,(H,21,22,23). The van der Waals surface area contributed by atoms with Crippen molar-refractivity contribution in [3.8, 4) is 0 Å². The van der Waals surface area contributed by atoms with Crippen molar-refractivity contribution in [3.05, 3.63) is 64.5 Å². The second-order valence-corrected chi connectivity index (χ2v) is 5.99. The fraction of sp³-hybridized carbons (Fsp3) is 0.263. The molecule has 0 aliphatic heterocycles. The van der Waals surface area contributed by atoms with Crippen LogP contribution in [0.2, 0.25) is 0 Å². The van der Waals surface area contributed by atoms with Gasteiger partial charge in [0.15, 0.2) is 0 Å². The van der Waals surface area contributed by atoms with Crippen molar-refractivity contribution in [2.75, 3.05) is 17.2 Å². The van der Waals surface area contributed by atoms with E-state index in [2.05, 4.69) is 27.5 Å². The molecular formula is C19H21N5O2. The second kappa shape index (κ2) is 8.24. The molecule has 2 aromatic carbocycles. The third kappa shape index (κ3) is 4.05. The van der Waals surface area contributed by atoms with Crippen LogP contribution in [0.4, 0.5) is 17.2 Å². The summed E-state index contributed by atoms with van der Waals surface area (Å²) in [6.07, 6.45) is 3.43. The molecule has 0 saturated carbocycles. The van der Waals surface area contributed by atoms with Crippen LogP contribution in [0.1, 0.15) is 25.3 Å². The summed E-state index contributed by atoms with van der Waals surface area (Å²) in [6.45, 7) is 3.35. The quantitative estimate of drug-likeness (QED) is 0.356. The molecule has 0 amide bonds. The van der Waals surface area contributed by atoms with E-state index >= 15 is 0 Å². The lowest BCUT2D eigenvalue weighted by molar-refractivity contribution is -0.383. The molecular weight excluding hydrogens is 330 g/mol. The highest BCUT2D eigenvalue weighted by Crippen LogP contribution is 2.32. The number of fused-ring (bicyclic) bond motifs is 1. The molecule has 0 radical (unpaired) electrons. The number of anilines is 2. The van der Waals surface area contributed by atoms with Crippen LogP contribution in [0.25, 0.3) is 10.9 Å². The van der Waals surface area contributed by atoms with Gasteiger partial charge in [0.2, 0.25) is 0 Å². The molecule has 7 heteroatoms. The minimum atomic E-state index is -0.373. The van der Waals surface area contributed by atoms with Crippen molar-refractivity contribution in [2.24, 2.45) is 0 Å². The summed E-state index contributed by atoms with van der Waals surface area (Å²) in [6, 6.07) is 13.2. The van der Waals surface area contributed by atoms with E-state index in [1.54, 1.807) is 6.07 Å². The predicted octanol–water partition coefficient (Wildman–Crippen LogP) is 4.36. The van der Waals surface area contributed by atoms with Crippen molar-refractivity contribution in [1.29, 1.82) is 0 Å². The molecule has 3 aromatic rings. The van der Waals surface area contributed by atoms with Gasteiger partial charge in [-0.25, -0.2) is 9.97 Å². The van der Waals surface area contributed by atoms with Gasteiger partial charge >= 0.3 is 0 Å². The zero-order valence-corrected chi connectivity index (χ0v) is 14.6. The van der Waals surface area contributed by atoms with Crippen LogP contribution in [0, 0.1) is 10.1 Å². The fourth-order valence-electron chi connectivity index (χ4n) is 2.71. The average molecular weight is 351 g/mol. The summed E-state index contributed by atoms with van der Waals surface area (Å²) in [4.78, 5) is 19.7. The molecule has 134 valence electrons.